The highest BCUT2D eigenvalue weighted by atomic mass is 32.2. The Morgan fingerprint density at radius 3 is 2.44 bits per heavy atom. The number of ether oxygens (including phenoxy) is 1. The van der Waals surface area contributed by atoms with Crippen molar-refractivity contribution in [2.75, 3.05) is 37.5 Å². The normalized spacial score (nSPS) is 15.1. The summed E-state index contributed by atoms with van der Waals surface area (Å²) < 4.78 is 61.2. The van der Waals surface area contributed by atoms with Crippen molar-refractivity contribution in [1.29, 1.82) is 0 Å². The van der Waals surface area contributed by atoms with Crippen molar-refractivity contribution in [3.63, 3.8) is 0 Å². The summed E-state index contributed by atoms with van der Waals surface area (Å²) in [6, 6.07) is 19.5. The van der Waals surface area contributed by atoms with E-state index in [1.54, 1.807) is 41.4 Å². The molecule has 0 radical (unpaired) electrons. The lowest BCUT2D eigenvalue weighted by Gasteiger charge is -2.35. The van der Waals surface area contributed by atoms with Crippen LogP contribution in [0.3, 0.4) is 0 Å². The molecule has 0 spiro atoms. The van der Waals surface area contributed by atoms with Crippen LogP contribution >= 0.6 is 0 Å². The lowest BCUT2D eigenvalue weighted by atomic mass is 10.1. The maximum absolute atomic E-state index is 14.1. The minimum Gasteiger partial charge on any atom is -0.430 e. The number of carbonyl (C=O) groups excluding carboxylic acids is 1. The van der Waals surface area contributed by atoms with Gasteiger partial charge in [-0.15, -0.1) is 0 Å². The van der Waals surface area contributed by atoms with E-state index >= 15 is 0 Å². The van der Waals surface area contributed by atoms with Crippen molar-refractivity contribution >= 4 is 33.5 Å². The average molecular weight is 583 g/mol. The molecule has 214 valence electrons. The molecule has 7 nitrogen and oxygen atoms in total. The van der Waals surface area contributed by atoms with E-state index in [9.17, 15) is 22.2 Å². The lowest BCUT2D eigenvalue weighted by molar-refractivity contribution is -0.158. The first-order chi connectivity index (χ1) is 19.6. The van der Waals surface area contributed by atoms with Crippen LogP contribution in [0.4, 0.5) is 18.9 Å². The zero-order valence-corrected chi connectivity index (χ0v) is 23.4. The van der Waals surface area contributed by atoms with E-state index in [2.05, 4.69) is 9.88 Å². The number of alkyl halides is 2. The Kier molecular flexibility index (Phi) is 8.27. The predicted molar refractivity (Wildman–Crippen MR) is 152 cm³/mol. The number of hydrogen-bond acceptors (Lipinski definition) is 5. The highest BCUT2D eigenvalue weighted by Gasteiger charge is 2.29. The number of fused-ring (bicyclic) bond motifs is 1. The van der Waals surface area contributed by atoms with Gasteiger partial charge in [0.05, 0.1) is 16.1 Å². The molecule has 1 aromatic heterocycles. The van der Waals surface area contributed by atoms with Crippen molar-refractivity contribution < 1.29 is 26.9 Å². The number of piperazine rings is 1. The Morgan fingerprint density at radius 2 is 1.73 bits per heavy atom. The molecule has 1 unspecified atom stereocenters. The number of pyridine rings is 1. The lowest BCUT2D eigenvalue weighted by Crippen LogP contribution is -2.48. The van der Waals surface area contributed by atoms with Crippen LogP contribution < -0.4 is 9.04 Å². The van der Waals surface area contributed by atoms with E-state index in [0.29, 0.717) is 50.1 Å². The van der Waals surface area contributed by atoms with Crippen molar-refractivity contribution in [2.24, 2.45) is 0 Å². The van der Waals surface area contributed by atoms with Crippen molar-refractivity contribution in [3.05, 3.63) is 95.9 Å². The largest absolute Gasteiger partial charge is 0.430 e. The van der Waals surface area contributed by atoms with Gasteiger partial charge in [0.15, 0.2) is 16.7 Å². The second kappa shape index (κ2) is 11.9. The molecule has 2 heterocycles. The van der Waals surface area contributed by atoms with Crippen LogP contribution in [0.5, 0.6) is 5.75 Å². The number of para-hydroxylation sites is 1. The number of aromatic nitrogens is 1. The Labute approximate surface area is 238 Å². The second-order valence-corrected chi connectivity index (χ2v) is 11.4. The Bertz CT molecular complexity index is 1570. The first-order valence-electron chi connectivity index (χ1n) is 13.1. The van der Waals surface area contributed by atoms with Crippen LogP contribution in [-0.2, 0) is 17.5 Å². The summed E-state index contributed by atoms with van der Waals surface area (Å²) >= 11 is 0. The number of anilines is 1. The molecule has 5 rings (SSSR count). The molecule has 0 saturated carbocycles. The van der Waals surface area contributed by atoms with E-state index in [4.69, 9.17) is 4.74 Å². The van der Waals surface area contributed by atoms with E-state index in [1.165, 1.54) is 41.7 Å². The number of benzene rings is 3. The molecule has 1 aliphatic rings. The molecule has 1 atom stereocenters. The van der Waals surface area contributed by atoms with Gasteiger partial charge in [0.1, 0.15) is 5.82 Å². The van der Waals surface area contributed by atoms with Gasteiger partial charge in [-0.1, -0.05) is 30.3 Å². The van der Waals surface area contributed by atoms with Crippen molar-refractivity contribution in [1.82, 2.24) is 14.8 Å². The summed E-state index contributed by atoms with van der Waals surface area (Å²) in [7, 11) is -0.302. The smallest absolute Gasteiger partial charge is 0.394 e. The fraction of sp³-hybridized carbons (Fsp3) is 0.267. The SMILES string of the molecule is CN(c1ccc(C(=O)N2CCN(Cc3ccc(F)cc3)CC2)cc1OC(C)(F)F)S(=O)c1cccc2cccnc12. The third kappa shape index (κ3) is 6.68. The summed E-state index contributed by atoms with van der Waals surface area (Å²) in [5, 5.41) is 0.794. The molecule has 4 aromatic rings. The summed E-state index contributed by atoms with van der Waals surface area (Å²) in [5.41, 5.74) is 1.84. The molecule has 1 fully saturated rings. The first kappa shape index (κ1) is 28.6. The Balaban J connectivity index is 1.34. The minimum atomic E-state index is -3.54. The van der Waals surface area contributed by atoms with Gasteiger partial charge in [-0.3, -0.25) is 19.0 Å². The van der Waals surface area contributed by atoms with E-state index in [0.717, 1.165) is 10.9 Å². The standard InChI is InChI=1S/C30H29F3N4O3S/c1-30(32,33)40-26-19-23(29(38)37-17-15-36(16-18-37)20-21-8-11-24(31)12-9-21)10-13-25(26)35(2)41(39)27-7-3-5-22-6-4-14-34-28(22)27/h3-14,19H,15-18,20H2,1-2H3. The molecular weight excluding hydrogens is 553 g/mol. The third-order valence-electron chi connectivity index (χ3n) is 6.85. The number of amides is 1. The first-order valence-corrected chi connectivity index (χ1v) is 14.2. The highest BCUT2D eigenvalue weighted by Crippen LogP contribution is 2.35. The number of carbonyl (C=O) groups is 1. The number of nitrogens with zero attached hydrogens (tertiary/aromatic N) is 4. The Hall–Kier alpha value is -3.96. The van der Waals surface area contributed by atoms with Gasteiger partial charge in [-0.25, -0.2) is 8.60 Å². The molecule has 1 amide bonds. The molecule has 0 aliphatic carbocycles. The van der Waals surface area contributed by atoms with Gasteiger partial charge in [0.2, 0.25) is 0 Å². The van der Waals surface area contributed by atoms with Gasteiger partial charge < -0.3 is 9.64 Å². The van der Waals surface area contributed by atoms with Crippen LogP contribution in [0.1, 0.15) is 22.8 Å². The number of hydrogen-bond donors (Lipinski definition) is 0. The number of rotatable bonds is 8. The molecule has 11 heteroatoms. The zero-order chi connectivity index (χ0) is 29.1. The van der Waals surface area contributed by atoms with Crippen LogP contribution in [0.15, 0.2) is 83.9 Å². The zero-order valence-electron chi connectivity index (χ0n) is 22.6. The predicted octanol–water partition coefficient (Wildman–Crippen LogP) is 5.48. The fourth-order valence-electron chi connectivity index (χ4n) is 4.78. The molecule has 0 bridgehead atoms. The van der Waals surface area contributed by atoms with Crippen molar-refractivity contribution in [3.8, 4) is 5.75 Å². The molecule has 1 aliphatic heterocycles. The third-order valence-corrected chi connectivity index (χ3v) is 8.25. The van der Waals surface area contributed by atoms with E-state index in [1.807, 2.05) is 12.1 Å². The maximum atomic E-state index is 14.1. The topological polar surface area (TPSA) is 66.0 Å². The molecule has 0 N–H and O–H groups in total. The van der Waals surface area contributed by atoms with Gasteiger partial charge >= 0.3 is 6.11 Å². The maximum Gasteiger partial charge on any atom is 0.394 e. The fourth-order valence-corrected chi connectivity index (χ4v) is 5.93. The molecular formula is C30H29F3N4O3S. The minimum absolute atomic E-state index is 0.137. The highest BCUT2D eigenvalue weighted by molar-refractivity contribution is 7.86. The Morgan fingerprint density at radius 1 is 1.02 bits per heavy atom. The monoisotopic (exact) mass is 582 g/mol. The van der Waals surface area contributed by atoms with Gasteiger partial charge in [0.25, 0.3) is 5.91 Å². The van der Waals surface area contributed by atoms with Crippen LogP contribution in [-0.4, -0.2) is 64.2 Å². The van der Waals surface area contributed by atoms with Crippen LogP contribution in [0.25, 0.3) is 10.9 Å². The molecule has 3 aromatic carbocycles. The average Bonchev–Trinajstić information content (AvgIpc) is 2.96. The van der Waals surface area contributed by atoms with Gasteiger partial charge in [-0.2, -0.15) is 8.78 Å². The quantitative estimate of drug-likeness (QED) is 0.275. The van der Waals surface area contributed by atoms with Crippen LogP contribution in [0, 0.1) is 5.82 Å². The van der Waals surface area contributed by atoms with Crippen LogP contribution in [0.2, 0.25) is 0 Å². The van der Waals surface area contributed by atoms with E-state index < -0.39 is 17.1 Å². The van der Waals surface area contributed by atoms with Crippen molar-refractivity contribution in [2.45, 2.75) is 24.5 Å². The summed E-state index contributed by atoms with van der Waals surface area (Å²) in [6.45, 7) is 3.35. The second-order valence-electron chi connectivity index (χ2n) is 9.87. The molecule has 41 heavy (non-hydrogen) atoms. The molecule has 1 saturated heterocycles. The van der Waals surface area contributed by atoms with E-state index in [-0.39, 0.29) is 28.7 Å². The number of halogens is 3. The summed E-state index contributed by atoms with van der Waals surface area (Å²) in [5.74, 6) is -0.867. The summed E-state index contributed by atoms with van der Waals surface area (Å²) in [6.07, 6.45) is -1.94. The summed E-state index contributed by atoms with van der Waals surface area (Å²) in [4.78, 5) is 21.9. The van der Waals surface area contributed by atoms with Gasteiger partial charge in [-0.05, 0) is 48.0 Å². The van der Waals surface area contributed by atoms with Gasteiger partial charge in [0, 0.05) is 63.8 Å².